The van der Waals surface area contributed by atoms with Crippen molar-refractivity contribution in [2.75, 3.05) is 46.9 Å². The van der Waals surface area contributed by atoms with Gasteiger partial charge in [-0.3, -0.25) is 9.59 Å². The molecule has 0 radical (unpaired) electrons. The zero-order chi connectivity index (χ0) is 27.6. The number of ether oxygens (including phenoxy) is 2. The Morgan fingerprint density at radius 1 is 0.622 bits per heavy atom. The molecule has 0 amide bonds. The van der Waals surface area contributed by atoms with Crippen LogP contribution in [0.4, 0.5) is 0 Å². The third kappa shape index (κ3) is 20.5. The fourth-order valence-electron chi connectivity index (χ4n) is 4.43. The van der Waals surface area contributed by atoms with Crippen LogP contribution < -0.4 is 5.32 Å². The molecule has 0 heterocycles. The molecule has 0 saturated carbocycles. The molecule has 0 aromatic rings. The number of nitrogens with zero attached hydrogens (tertiary/aromatic N) is 1. The molecule has 220 valence electrons. The van der Waals surface area contributed by atoms with Gasteiger partial charge in [-0.15, -0.1) is 0 Å². The molecule has 37 heavy (non-hydrogen) atoms. The molecule has 0 aromatic carbocycles. The molecule has 0 aliphatic carbocycles. The van der Waals surface area contributed by atoms with Crippen LogP contribution in [0.5, 0.6) is 0 Å². The van der Waals surface area contributed by atoms with Gasteiger partial charge in [0.15, 0.2) is 5.41 Å². The second kappa shape index (κ2) is 25.2. The zero-order valence-electron chi connectivity index (χ0n) is 25.3. The molecular formula is C31H62N2O4. The summed E-state index contributed by atoms with van der Waals surface area (Å²) in [4.78, 5) is 28.3. The van der Waals surface area contributed by atoms with Gasteiger partial charge in [0.2, 0.25) is 0 Å². The molecule has 6 nitrogen and oxygen atoms in total. The van der Waals surface area contributed by atoms with Crippen LogP contribution in [0.25, 0.3) is 0 Å². The first-order valence-corrected chi connectivity index (χ1v) is 15.6. The highest BCUT2D eigenvalue weighted by Crippen LogP contribution is 2.29. The number of esters is 2. The van der Waals surface area contributed by atoms with E-state index in [2.05, 4.69) is 38.2 Å². The van der Waals surface area contributed by atoms with E-state index in [0.717, 1.165) is 77.4 Å². The fraction of sp³-hybridized carbons (Fsp3) is 0.935. The Morgan fingerprint density at radius 2 is 1.05 bits per heavy atom. The Kier molecular flexibility index (Phi) is 24.4. The van der Waals surface area contributed by atoms with E-state index in [-0.39, 0.29) is 0 Å². The van der Waals surface area contributed by atoms with Gasteiger partial charge in [0.05, 0.1) is 13.2 Å². The van der Waals surface area contributed by atoms with Crippen LogP contribution in [0.3, 0.4) is 0 Å². The van der Waals surface area contributed by atoms with Crippen molar-refractivity contribution in [3.63, 3.8) is 0 Å². The summed E-state index contributed by atoms with van der Waals surface area (Å²) in [5, 5.41) is 3.50. The summed E-state index contributed by atoms with van der Waals surface area (Å²) < 4.78 is 11.2. The smallest absolute Gasteiger partial charge is 0.323 e. The highest BCUT2D eigenvalue weighted by Gasteiger charge is 2.43. The summed E-state index contributed by atoms with van der Waals surface area (Å²) in [6.07, 6.45) is 19.3. The number of carbonyl (C=O) groups excluding carboxylic acids is 2. The summed E-state index contributed by atoms with van der Waals surface area (Å²) in [6.45, 7) is 10.1. The predicted octanol–water partition coefficient (Wildman–Crippen LogP) is 7.29. The summed E-state index contributed by atoms with van der Waals surface area (Å²) >= 11 is 0. The zero-order valence-corrected chi connectivity index (χ0v) is 25.3. The van der Waals surface area contributed by atoms with Crippen molar-refractivity contribution in [3.05, 3.63) is 0 Å². The van der Waals surface area contributed by atoms with Crippen LogP contribution in [0.2, 0.25) is 0 Å². The van der Waals surface area contributed by atoms with Gasteiger partial charge in [-0.05, 0) is 72.8 Å². The summed E-state index contributed by atoms with van der Waals surface area (Å²) in [5.74, 6) is -0.812. The van der Waals surface area contributed by atoms with Gasteiger partial charge in [-0.1, -0.05) is 97.3 Å². The molecule has 0 rings (SSSR count). The molecule has 0 unspecified atom stereocenters. The quantitative estimate of drug-likeness (QED) is 0.0688. The minimum Gasteiger partial charge on any atom is -0.465 e. The summed E-state index contributed by atoms with van der Waals surface area (Å²) in [5.41, 5.74) is -1.20. The Bertz CT molecular complexity index is 509. The van der Waals surface area contributed by atoms with E-state index in [4.69, 9.17) is 9.47 Å². The third-order valence-corrected chi connectivity index (χ3v) is 7.10. The van der Waals surface area contributed by atoms with Gasteiger partial charge in [0.1, 0.15) is 0 Å². The standard InChI is InChI=1S/C31H62N2O4/c1-6-8-10-12-16-20-27-36-29(34)31(3,30(35)37-28-21-17-13-11-9-7-2)23-18-14-15-19-24-32-25-22-26-33(4)5/h32H,6-28H2,1-5H3. The highest BCUT2D eigenvalue weighted by atomic mass is 16.6. The molecule has 0 bridgehead atoms. The summed E-state index contributed by atoms with van der Waals surface area (Å²) in [7, 11) is 4.20. The van der Waals surface area contributed by atoms with Gasteiger partial charge in [0.25, 0.3) is 0 Å². The summed E-state index contributed by atoms with van der Waals surface area (Å²) in [6, 6.07) is 0. The molecule has 0 aliphatic heterocycles. The van der Waals surface area contributed by atoms with E-state index in [1.165, 1.54) is 51.4 Å². The van der Waals surface area contributed by atoms with Crippen molar-refractivity contribution >= 4 is 11.9 Å². The van der Waals surface area contributed by atoms with E-state index in [1.807, 2.05) is 0 Å². The second-order valence-electron chi connectivity index (χ2n) is 11.2. The van der Waals surface area contributed by atoms with Crippen molar-refractivity contribution in [2.24, 2.45) is 5.41 Å². The largest absolute Gasteiger partial charge is 0.465 e. The minimum absolute atomic E-state index is 0.394. The molecule has 0 atom stereocenters. The molecule has 0 fully saturated rings. The topological polar surface area (TPSA) is 67.9 Å². The predicted molar refractivity (Wildman–Crippen MR) is 156 cm³/mol. The third-order valence-electron chi connectivity index (χ3n) is 7.10. The van der Waals surface area contributed by atoms with Crippen LogP contribution >= 0.6 is 0 Å². The van der Waals surface area contributed by atoms with Crippen molar-refractivity contribution < 1.29 is 19.1 Å². The lowest BCUT2D eigenvalue weighted by Crippen LogP contribution is -2.39. The van der Waals surface area contributed by atoms with Crippen molar-refractivity contribution in [1.29, 1.82) is 0 Å². The number of rotatable bonds is 27. The normalized spacial score (nSPS) is 11.7. The van der Waals surface area contributed by atoms with E-state index >= 15 is 0 Å². The average Bonchev–Trinajstić information content (AvgIpc) is 2.88. The van der Waals surface area contributed by atoms with E-state index in [0.29, 0.717) is 19.6 Å². The Labute approximate surface area is 230 Å². The maximum Gasteiger partial charge on any atom is 0.323 e. The maximum absolute atomic E-state index is 13.0. The van der Waals surface area contributed by atoms with Crippen LogP contribution in [0, 0.1) is 5.41 Å². The lowest BCUT2D eigenvalue weighted by atomic mass is 9.84. The number of carbonyl (C=O) groups is 2. The molecule has 0 aromatic heterocycles. The fourth-order valence-corrected chi connectivity index (χ4v) is 4.43. The molecular weight excluding hydrogens is 464 g/mol. The first-order valence-electron chi connectivity index (χ1n) is 15.6. The van der Waals surface area contributed by atoms with E-state index in [1.54, 1.807) is 6.92 Å². The lowest BCUT2D eigenvalue weighted by Gasteiger charge is -2.25. The Hall–Kier alpha value is -1.14. The number of hydrogen-bond acceptors (Lipinski definition) is 6. The highest BCUT2D eigenvalue weighted by molar-refractivity contribution is 5.99. The molecule has 6 heteroatoms. The minimum atomic E-state index is -1.20. The van der Waals surface area contributed by atoms with Crippen LogP contribution in [-0.2, 0) is 19.1 Å². The lowest BCUT2D eigenvalue weighted by molar-refractivity contribution is -0.172. The number of nitrogens with one attached hydrogen (secondary N) is 1. The van der Waals surface area contributed by atoms with Gasteiger partial charge < -0.3 is 19.7 Å². The van der Waals surface area contributed by atoms with Crippen molar-refractivity contribution in [1.82, 2.24) is 10.2 Å². The molecule has 0 spiro atoms. The molecule has 1 N–H and O–H groups in total. The van der Waals surface area contributed by atoms with Crippen LogP contribution in [-0.4, -0.2) is 63.8 Å². The average molecular weight is 527 g/mol. The van der Waals surface area contributed by atoms with Gasteiger partial charge in [-0.2, -0.15) is 0 Å². The molecule has 0 aliphatic rings. The SMILES string of the molecule is CCCCCCCCOC(=O)C(C)(CCCCCCNCCCN(C)C)C(=O)OCCCCCCCC. The van der Waals surface area contributed by atoms with E-state index in [9.17, 15) is 9.59 Å². The molecule has 0 saturated heterocycles. The van der Waals surface area contributed by atoms with Crippen molar-refractivity contribution in [3.8, 4) is 0 Å². The van der Waals surface area contributed by atoms with Crippen LogP contribution in [0.1, 0.15) is 136 Å². The number of hydrogen-bond donors (Lipinski definition) is 1. The monoisotopic (exact) mass is 526 g/mol. The van der Waals surface area contributed by atoms with Gasteiger partial charge in [0, 0.05) is 0 Å². The Morgan fingerprint density at radius 3 is 1.57 bits per heavy atom. The first kappa shape index (κ1) is 35.9. The maximum atomic E-state index is 13.0. The number of unbranched alkanes of at least 4 members (excludes halogenated alkanes) is 13. The van der Waals surface area contributed by atoms with Crippen molar-refractivity contribution in [2.45, 2.75) is 136 Å². The van der Waals surface area contributed by atoms with Crippen LogP contribution in [0.15, 0.2) is 0 Å². The van der Waals surface area contributed by atoms with Gasteiger partial charge >= 0.3 is 11.9 Å². The second-order valence-corrected chi connectivity index (χ2v) is 11.2. The first-order chi connectivity index (χ1) is 17.9. The Balaban J connectivity index is 4.45. The van der Waals surface area contributed by atoms with Gasteiger partial charge in [-0.25, -0.2) is 0 Å². The van der Waals surface area contributed by atoms with E-state index < -0.39 is 17.4 Å².